The zero-order valence-electron chi connectivity index (χ0n) is 23.7. The zero-order valence-corrected chi connectivity index (χ0v) is 23.7. The summed E-state index contributed by atoms with van der Waals surface area (Å²) < 4.78 is 0. The lowest BCUT2D eigenvalue weighted by Crippen LogP contribution is -2.35. The molecule has 0 fully saturated rings. The van der Waals surface area contributed by atoms with E-state index in [1.165, 1.54) is 21.5 Å². The molecular formula is C39H28N4. The van der Waals surface area contributed by atoms with Crippen LogP contribution in [0.5, 0.6) is 0 Å². The van der Waals surface area contributed by atoms with Crippen molar-refractivity contribution < 1.29 is 0 Å². The van der Waals surface area contributed by atoms with Gasteiger partial charge in [-0.15, -0.1) is 0 Å². The fourth-order valence-electron chi connectivity index (χ4n) is 6.06. The van der Waals surface area contributed by atoms with Gasteiger partial charge in [-0.2, -0.15) is 0 Å². The summed E-state index contributed by atoms with van der Waals surface area (Å²) in [5.74, 6) is 1.63. The van der Waals surface area contributed by atoms with Crippen LogP contribution in [0.1, 0.15) is 22.9 Å². The highest BCUT2D eigenvalue weighted by atomic mass is 15.3. The number of hydrogen-bond acceptors (Lipinski definition) is 4. The Morgan fingerprint density at radius 2 is 1.14 bits per heavy atom. The minimum absolute atomic E-state index is 0.236. The second kappa shape index (κ2) is 10.3. The molecule has 1 unspecified atom stereocenters. The molecule has 204 valence electrons. The fraction of sp³-hybridized carbons (Fsp3) is 0.0513. The van der Waals surface area contributed by atoms with Gasteiger partial charge in [0.2, 0.25) is 0 Å². The van der Waals surface area contributed by atoms with Gasteiger partial charge in [0.25, 0.3) is 0 Å². The summed E-state index contributed by atoms with van der Waals surface area (Å²) in [7, 11) is 2.09. The molecule has 1 atom stereocenters. The number of nitrogens with zero attached hydrogens (tertiary/aromatic N) is 4. The van der Waals surface area contributed by atoms with Crippen LogP contribution in [-0.2, 0) is 0 Å². The van der Waals surface area contributed by atoms with Crippen molar-refractivity contribution in [3.8, 4) is 11.1 Å². The van der Waals surface area contributed by atoms with Crippen LogP contribution in [0.2, 0.25) is 0 Å². The van der Waals surface area contributed by atoms with Crippen LogP contribution in [0, 0.1) is 0 Å². The van der Waals surface area contributed by atoms with E-state index in [-0.39, 0.29) is 6.17 Å². The van der Waals surface area contributed by atoms with Crippen molar-refractivity contribution in [2.45, 2.75) is 6.17 Å². The third-order valence-corrected chi connectivity index (χ3v) is 8.33. The Kier molecular flexibility index (Phi) is 6.04. The maximum atomic E-state index is 5.24. The third kappa shape index (κ3) is 4.54. The summed E-state index contributed by atoms with van der Waals surface area (Å²) in [5.41, 5.74) is 6.45. The van der Waals surface area contributed by atoms with Gasteiger partial charge in [-0.25, -0.2) is 9.98 Å². The predicted molar refractivity (Wildman–Crippen MR) is 179 cm³/mol. The molecule has 0 spiro atoms. The first-order chi connectivity index (χ1) is 21.2. The summed E-state index contributed by atoms with van der Waals surface area (Å²) in [4.78, 5) is 17.3. The minimum atomic E-state index is -0.236. The first-order valence-electron chi connectivity index (χ1n) is 14.5. The standard InChI is InChI=1S/C39H28N4/c1-43-38(30-19-17-28(18-20-30)35-14-6-12-29-13-7-23-40-36(29)35)41-37(33-21-15-26-8-2-4-10-31(26)24-33)42-39(43)34-22-16-27-9-3-5-11-32(27)25-34/h2-25,38H,1H3. The first-order valence-corrected chi connectivity index (χ1v) is 14.5. The second-order valence-electron chi connectivity index (χ2n) is 11.0. The predicted octanol–water partition coefficient (Wildman–Crippen LogP) is 9.05. The van der Waals surface area contributed by atoms with Crippen molar-refractivity contribution in [1.82, 2.24) is 9.88 Å². The van der Waals surface area contributed by atoms with Gasteiger partial charge >= 0.3 is 0 Å². The van der Waals surface area contributed by atoms with E-state index in [2.05, 4.69) is 150 Å². The summed E-state index contributed by atoms with van der Waals surface area (Å²) >= 11 is 0. The van der Waals surface area contributed by atoms with Crippen molar-refractivity contribution in [1.29, 1.82) is 0 Å². The summed E-state index contributed by atoms with van der Waals surface area (Å²) in [6.45, 7) is 0. The van der Waals surface area contributed by atoms with Gasteiger partial charge in [0.1, 0.15) is 12.0 Å². The van der Waals surface area contributed by atoms with E-state index in [0.29, 0.717) is 0 Å². The molecule has 6 aromatic carbocycles. The van der Waals surface area contributed by atoms with E-state index >= 15 is 0 Å². The fourth-order valence-corrected chi connectivity index (χ4v) is 6.06. The number of amidine groups is 2. The van der Waals surface area contributed by atoms with Crippen molar-refractivity contribution >= 4 is 44.1 Å². The SMILES string of the molecule is CN1C(c2ccc3ccccc3c2)=NC(c2ccc3ccccc3c2)=NC1c1ccc(-c2cccc3cccnc23)cc1. The van der Waals surface area contributed by atoms with Crippen molar-refractivity contribution in [2.75, 3.05) is 7.05 Å². The lowest BCUT2D eigenvalue weighted by molar-refractivity contribution is 0.383. The second-order valence-corrected chi connectivity index (χ2v) is 11.0. The van der Waals surface area contributed by atoms with Gasteiger partial charge in [-0.1, -0.05) is 121 Å². The van der Waals surface area contributed by atoms with Crippen LogP contribution in [0.3, 0.4) is 0 Å². The summed E-state index contributed by atoms with van der Waals surface area (Å²) in [6, 6.07) is 49.0. The number of fused-ring (bicyclic) bond motifs is 3. The Morgan fingerprint density at radius 1 is 0.535 bits per heavy atom. The average molecular weight is 553 g/mol. The molecule has 0 saturated heterocycles. The number of rotatable bonds is 4. The van der Waals surface area contributed by atoms with Crippen LogP contribution in [0.25, 0.3) is 43.6 Å². The van der Waals surface area contributed by atoms with Crippen LogP contribution < -0.4 is 0 Å². The van der Waals surface area contributed by atoms with E-state index in [9.17, 15) is 0 Å². The van der Waals surface area contributed by atoms with E-state index in [4.69, 9.17) is 9.98 Å². The van der Waals surface area contributed by atoms with Crippen LogP contribution >= 0.6 is 0 Å². The molecule has 8 rings (SSSR count). The van der Waals surface area contributed by atoms with E-state index in [1.54, 1.807) is 0 Å². The number of benzene rings is 6. The average Bonchev–Trinajstić information content (AvgIpc) is 3.08. The largest absolute Gasteiger partial charge is 0.333 e. The number of aromatic nitrogens is 1. The third-order valence-electron chi connectivity index (χ3n) is 8.33. The lowest BCUT2D eigenvalue weighted by Gasteiger charge is -2.32. The van der Waals surface area contributed by atoms with Crippen LogP contribution in [-0.4, -0.2) is 28.6 Å². The molecule has 0 bridgehead atoms. The first kappa shape index (κ1) is 25.1. The summed E-state index contributed by atoms with van der Waals surface area (Å²) in [5, 5.41) is 5.92. The molecule has 4 heteroatoms. The number of pyridine rings is 1. The lowest BCUT2D eigenvalue weighted by atomic mass is 9.99. The van der Waals surface area contributed by atoms with Crippen LogP contribution in [0.15, 0.2) is 156 Å². The Balaban J connectivity index is 1.24. The molecule has 0 aliphatic carbocycles. The van der Waals surface area contributed by atoms with Gasteiger partial charge < -0.3 is 4.90 Å². The molecule has 1 aromatic heterocycles. The number of hydrogen-bond donors (Lipinski definition) is 0. The van der Waals surface area contributed by atoms with Gasteiger partial charge in [0.05, 0.1) is 5.52 Å². The van der Waals surface area contributed by atoms with Gasteiger partial charge in [-0.05, 0) is 50.9 Å². The Hall–Kier alpha value is -5.61. The van der Waals surface area contributed by atoms with Gasteiger partial charge in [-0.3, -0.25) is 4.98 Å². The quantitative estimate of drug-likeness (QED) is 0.219. The van der Waals surface area contributed by atoms with E-state index in [0.717, 1.165) is 50.4 Å². The number of aliphatic imine (C=N–C) groups is 2. The Bertz CT molecular complexity index is 2210. The Morgan fingerprint density at radius 3 is 1.88 bits per heavy atom. The smallest absolute Gasteiger partial charge is 0.159 e. The molecule has 43 heavy (non-hydrogen) atoms. The minimum Gasteiger partial charge on any atom is -0.333 e. The van der Waals surface area contributed by atoms with E-state index < -0.39 is 0 Å². The molecule has 0 saturated carbocycles. The highest BCUT2D eigenvalue weighted by Gasteiger charge is 2.27. The van der Waals surface area contributed by atoms with Crippen molar-refractivity contribution in [3.63, 3.8) is 0 Å². The molecular weight excluding hydrogens is 524 g/mol. The molecule has 1 aliphatic heterocycles. The normalized spacial score (nSPS) is 15.1. The summed E-state index contributed by atoms with van der Waals surface area (Å²) in [6.07, 6.45) is 1.62. The maximum absolute atomic E-state index is 5.24. The highest BCUT2D eigenvalue weighted by Crippen LogP contribution is 2.33. The monoisotopic (exact) mass is 552 g/mol. The molecule has 0 N–H and O–H groups in total. The van der Waals surface area contributed by atoms with Gasteiger partial charge in [0, 0.05) is 35.3 Å². The number of para-hydroxylation sites is 1. The van der Waals surface area contributed by atoms with Gasteiger partial charge in [0.15, 0.2) is 5.84 Å². The Labute approximate surface area is 250 Å². The molecule has 0 radical (unpaired) electrons. The molecule has 7 aromatic rings. The van der Waals surface area contributed by atoms with Crippen molar-refractivity contribution in [2.24, 2.45) is 9.98 Å². The molecule has 2 heterocycles. The highest BCUT2D eigenvalue weighted by molar-refractivity contribution is 6.14. The van der Waals surface area contributed by atoms with Crippen LogP contribution in [0.4, 0.5) is 0 Å². The topological polar surface area (TPSA) is 40.9 Å². The molecule has 0 amide bonds. The molecule has 4 nitrogen and oxygen atoms in total. The van der Waals surface area contributed by atoms with Crippen molar-refractivity contribution in [3.05, 3.63) is 162 Å². The molecule has 1 aliphatic rings. The van der Waals surface area contributed by atoms with E-state index in [1.807, 2.05) is 12.3 Å². The maximum Gasteiger partial charge on any atom is 0.159 e. The zero-order chi connectivity index (χ0) is 28.8.